The molecule has 0 unspecified atom stereocenters. The van der Waals surface area contributed by atoms with Crippen molar-refractivity contribution in [1.29, 1.82) is 0 Å². The van der Waals surface area contributed by atoms with Crippen molar-refractivity contribution in [1.82, 2.24) is 19.3 Å². The van der Waals surface area contributed by atoms with E-state index < -0.39 is 0 Å². The number of carbonyl (C=O) groups is 2. The molecule has 0 N–H and O–H groups in total. The second-order valence-electron chi connectivity index (χ2n) is 10.0. The number of hydrogen-bond donors (Lipinski definition) is 0. The molecule has 2 amide bonds. The fraction of sp³-hybridized carbons (Fsp3) is 0.188. The normalized spacial score (nSPS) is 15.0. The van der Waals surface area contributed by atoms with Crippen LogP contribution in [0.4, 0.5) is 0 Å². The Morgan fingerprint density at radius 1 is 0.769 bits per heavy atom. The van der Waals surface area contributed by atoms with Crippen LogP contribution in [0, 0.1) is 0 Å². The van der Waals surface area contributed by atoms with Gasteiger partial charge < -0.3 is 4.74 Å². The van der Waals surface area contributed by atoms with Crippen molar-refractivity contribution >= 4 is 17.6 Å². The van der Waals surface area contributed by atoms with Crippen molar-refractivity contribution in [2.75, 3.05) is 13.2 Å². The van der Waals surface area contributed by atoms with Gasteiger partial charge in [-0.25, -0.2) is 4.98 Å². The molecule has 192 valence electrons. The van der Waals surface area contributed by atoms with Gasteiger partial charge in [0.25, 0.3) is 11.8 Å². The summed E-state index contributed by atoms with van der Waals surface area (Å²) in [5.41, 5.74) is 6.16. The van der Waals surface area contributed by atoms with Crippen LogP contribution in [0.1, 0.15) is 51.5 Å². The van der Waals surface area contributed by atoms with Gasteiger partial charge in [-0.15, -0.1) is 0 Å². The minimum absolute atomic E-state index is 0.135. The quantitative estimate of drug-likeness (QED) is 0.249. The molecule has 2 aliphatic rings. The van der Waals surface area contributed by atoms with E-state index in [-0.39, 0.29) is 25.0 Å². The highest BCUT2D eigenvalue weighted by Gasteiger charge is 2.34. The van der Waals surface area contributed by atoms with E-state index in [4.69, 9.17) is 9.72 Å². The summed E-state index contributed by atoms with van der Waals surface area (Å²) in [5.74, 6) is 0.990. The number of rotatable bonds is 7. The maximum absolute atomic E-state index is 12.6. The van der Waals surface area contributed by atoms with Gasteiger partial charge in [0.05, 0.1) is 29.1 Å². The van der Waals surface area contributed by atoms with Crippen LogP contribution >= 0.6 is 0 Å². The molecule has 1 aliphatic carbocycles. The minimum atomic E-state index is -0.295. The van der Waals surface area contributed by atoms with Gasteiger partial charge in [0.2, 0.25) is 11.7 Å². The highest BCUT2D eigenvalue weighted by molar-refractivity contribution is 6.21. The second-order valence-corrected chi connectivity index (χ2v) is 10.0. The largest absolute Gasteiger partial charge is 0.476 e. The van der Waals surface area contributed by atoms with Crippen molar-refractivity contribution in [3.8, 4) is 28.4 Å². The van der Waals surface area contributed by atoms with Crippen molar-refractivity contribution < 1.29 is 14.3 Å². The average Bonchev–Trinajstić information content (AvgIpc) is 3.44. The maximum Gasteiger partial charge on any atom is 0.261 e. The van der Waals surface area contributed by atoms with Gasteiger partial charge in [-0.2, -0.15) is 4.98 Å². The lowest BCUT2D eigenvalue weighted by Gasteiger charge is -2.25. The summed E-state index contributed by atoms with van der Waals surface area (Å²) >= 11 is 0. The number of carbonyl (C=O) groups excluding carboxylic acids is 2. The average molecular weight is 515 g/mol. The molecule has 0 radical (unpaired) electrons. The molecule has 1 saturated carbocycles. The fourth-order valence-corrected chi connectivity index (χ4v) is 5.41. The molecule has 3 aromatic carbocycles. The summed E-state index contributed by atoms with van der Waals surface area (Å²) in [5, 5.41) is 0. The third-order valence-electron chi connectivity index (χ3n) is 7.72. The van der Waals surface area contributed by atoms with E-state index in [1.807, 2.05) is 28.8 Å². The summed E-state index contributed by atoms with van der Waals surface area (Å²) in [4.78, 5) is 36.1. The van der Waals surface area contributed by atoms with Crippen LogP contribution in [0.2, 0.25) is 0 Å². The zero-order valence-electron chi connectivity index (χ0n) is 21.3. The van der Waals surface area contributed by atoms with Crippen LogP contribution in [-0.4, -0.2) is 44.2 Å². The van der Waals surface area contributed by atoms with Crippen LogP contribution in [0.3, 0.4) is 0 Å². The molecule has 5 aromatic rings. The smallest absolute Gasteiger partial charge is 0.261 e. The first kappa shape index (κ1) is 23.3. The molecule has 1 fully saturated rings. The van der Waals surface area contributed by atoms with Gasteiger partial charge in [-0.3, -0.25) is 18.9 Å². The number of aromatic nitrogens is 3. The van der Waals surface area contributed by atoms with Crippen LogP contribution in [0.15, 0.2) is 91.1 Å². The molecule has 7 heteroatoms. The molecule has 39 heavy (non-hydrogen) atoms. The number of imidazole rings is 1. The van der Waals surface area contributed by atoms with Crippen LogP contribution < -0.4 is 4.74 Å². The molecule has 0 atom stereocenters. The van der Waals surface area contributed by atoms with Gasteiger partial charge in [0.1, 0.15) is 6.61 Å². The maximum atomic E-state index is 12.6. The molecule has 0 spiro atoms. The lowest BCUT2D eigenvalue weighted by molar-refractivity contribution is 0.0630. The number of benzene rings is 3. The summed E-state index contributed by atoms with van der Waals surface area (Å²) in [7, 11) is 0. The zero-order valence-corrected chi connectivity index (χ0v) is 21.3. The molecule has 7 nitrogen and oxygen atoms in total. The predicted octanol–water partition coefficient (Wildman–Crippen LogP) is 6.01. The van der Waals surface area contributed by atoms with Gasteiger partial charge in [0, 0.05) is 23.4 Å². The number of amides is 2. The first-order chi connectivity index (χ1) is 19.2. The second kappa shape index (κ2) is 9.51. The summed E-state index contributed by atoms with van der Waals surface area (Å²) in [6, 6.07) is 27.6. The molecule has 3 heterocycles. The molecule has 0 bridgehead atoms. The zero-order chi connectivity index (χ0) is 26.3. The molecule has 2 aromatic heterocycles. The summed E-state index contributed by atoms with van der Waals surface area (Å²) in [6.45, 7) is 0.276. The highest BCUT2D eigenvalue weighted by atomic mass is 16.5. The van der Waals surface area contributed by atoms with Crippen molar-refractivity contribution in [2.24, 2.45) is 0 Å². The third kappa shape index (κ3) is 4.07. The molecular formula is C32H26N4O3. The number of nitrogens with zero attached hydrogens (tertiary/aromatic N) is 4. The Labute approximate surface area is 225 Å². The lowest BCUT2D eigenvalue weighted by atomic mass is 9.80. The molecule has 7 rings (SSSR count). The van der Waals surface area contributed by atoms with Crippen LogP contribution in [-0.2, 0) is 0 Å². The Balaban J connectivity index is 1.16. The SMILES string of the molecule is O=C1c2ccccc2C(=O)N1CCOc1ccn2c(-c3ccccc3)c(-c3ccc(C4CCC4)cc3)nc2n1. The van der Waals surface area contributed by atoms with Gasteiger partial charge in [-0.1, -0.05) is 73.2 Å². The van der Waals surface area contributed by atoms with Gasteiger partial charge in [-0.05, 0) is 36.5 Å². The number of ether oxygens (including phenoxy) is 1. The molecule has 0 saturated heterocycles. The Bertz CT molecular complexity index is 1670. The first-order valence-electron chi connectivity index (χ1n) is 13.3. The summed E-state index contributed by atoms with van der Waals surface area (Å²) < 4.78 is 7.86. The highest BCUT2D eigenvalue weighted by Crippen LogP contribution is 2.38. The van der Waals surface area contributed by atoms with Crippen molar-refractivity contribution in [2.45, 2.75) is 25.2 Å². The van der Waals surface area contributed by atoms with E-state index in [2.05, 4.69) is 41.4 Å². The van der Waals surface area contributed by atoms with E-state index in [9.17, 15) is 9.59 Å². The van der Waals surface area contributed by atoms with Gasteiger partial charge >= 0.3 is 0 Å². The van der Waals surface area contributed by atoms with Crippen molar-refractivity contribution in [3.05, 3.63) is 108 Å². The van der Waals surface area contributed by atoms with E-state index in [0.717, 1.165) is 22.5 Å². The Kier molecular flexibility index (Phi) is 5.69. The Morgan fingerprint density at radius 2 is 1.46 bits per heavy atom. The van der Waals surface area contributed by atoms with Crippen LogP contribution in [0.5, 0.6) is 5.88 Å². The van der Waals surface area contributed by atoms with E-state index in [1.54, 1.807) is 30.3 Å². The fourth-order valence-electron chi connectivity index (χ4n) is 5.41. The van der Waals surface area contributed by atoms with E-state index in [0.29, 0.717) is 28.7 Å². The topological polar surface area (TPSA) is 76.8 Å². The third-order valence-corrected chi connectivity index (χ3v) is 7.72. The lowest BCUT2D eigenvalue weighted by Crippen LogP contribution is -2.33. The summed E-state index contributed by atoms with van der Waals surface area (Å²) in [6.07, 6.45) is 5.75. The van der Waals surface area contributed by atoms with Crippen LogP contribution in [0.25, 0.3) is 28.3 Å². The first-order valence-corrected chi connectivity index (χ1v) is 13.3. The number of hydrogen-bond acceptors (Lipinski definition) is 5. The number of fused-ring (bicyclic) bond motifs is 2. The Hall–Kier alpha value is -4.78. The Morgan fingerprint density at radius 3 is 2.13 bits per heavy atom. The minimum Gasteiger partial charge on any atom is -0.476 e. The van der Waals surface area contributed by atoms with Crippen molar-refractivity contribution in [3.63, 3.8) is 0 Å². The predicted molar refractivity (Wildman–Crippen MR) is 148 cm³/mol. The van der Waals surface area contributed by atoms with E-state index >= 15 is 0 Å². The van der Waals surface area contributed by atoms with E-state index in [1.165, 1.54) is 29.7 Å². The monoisotopic (exact) mass is 514 g/mol. The van der Waals surface area contributed by atoms with Gasteiger partial charge in [0.15, 0.2) is 0 Å². The standard InChI is InChI=1S/C32H26N4O3/c37-30-25-11-4-5-12-26(25)31(38)36(30)19-20-39-27-17-18-35-29(24-7-2-1-3-8-24)28(34-32(35)33-27)23-15-13-22(14-16-23)21-9-6-10-21/h1-5,7-8,11-18,21H,6,9-10,19-20H2. The molecule has 1 aliphatic heterocycles. The molecular weight excluding hydrogens is 488 g/mol. The number of imide groups is 1.